The number of nitrogens with zero attached hydrogens (tertiary/aromatic N) is 2. The van der Waals surface area contributed by atoms with Gasteiger partial charge >= 0.3 is 0 Å². The number of hydrogen-bond donors (Lipinski definition) is 1. The largest absolute Gasteiger partial charge is 0.356 e. The monoisotopic (exact) mass is 375 g/mol. The van der Waals surface area contributed by atoms with Crippen LogP contribution in [0.5, 0.6) is 0 Å². The molecule has 27 heavy (non-hydrogen) atoms. The van der Waals surface area contributed by atoms with Crippen molar-refractivity contribution in [3.05, 3.63) is 83.5 Å². The van der Waals surface area contributed by atoms with Crippen molar-refractivity contribution >= 4 is 27.3 Å². The maximum absolute atomic E-state index is 12.1. The Hall–Kier alpha value is -2.92. The van der Waals surface area contributed by atoms with Crippen molar-refractivity contribution in [3.8, 4) is 5.69 Å². The molecule has 0 atom stereocenters. The van der Waals surface area contributed by atoms with Crippen LogP contribution in [0.4, 0.5) is 0 Å². The summed E-state index contributed by atoms with van der Waals surface area (Å²) in [4.78, 5) is 12.1. The lowest BCUT2D eigenvalue weighted by atomic mass is 10.1. The number of carbonyl (C=O) groups excluding carboxylic acids is 1. The number of thiophene rings is 1. The van der Waals surface area contributed by atoms with E-state index in [9.17, 15) is 4.79 Å². The highest BCUT2D eigenvalue weighted by molar-refractivity contribution is 7.17. The Morgan fingerprint density at radius 3 is 2.74 bits per heavy atom. The lowest BCUT2D eigenvalue weighted by Gasteiger charge is -2.04. The molecule has 0 saturated heterocycles. The molecule has 1 amide bonds. The highest BCUT2D eigenvalue weighted by atomic mass is 32.1. The van der Waals surface area contributed by atoms with Gasteiger partial charge in [0.1, 0.15) is 0 Å². The van der Waals surface area contributed by atoms with Crippen LogP contribution in [0.2, 0.25) is 0 Å². The maximum Gasteiger partial charge on any atom is 0.220 e. The third kappa shape index (κ3) is 4.26. The molecule has 5 heteroatoms. The van der Waals surface area contributed by atoms with E-state index in [-0.39, 0.29) is 5.91 Å². The van der Waals surface area contributed by atoms with Gasteiger partial charge in [0, 0.05) is 23.9 Å². The first kappa shape index (κ1) is 17.5. The quantitative estimate of drug-likeness (QED) is 0.521. The Kier molecular flexibility index (Phi) is 5.30. The number of benzene rings is 2. The highest BCUT2D eigenvalue weighted by Gasteiger charge is 2.07. The first-order valence-corrected chi connectivity index (χ1v) is 9.98. The number of rotatable bonds is 7. The fourth-order valence-corrected chi connectivity index (χ4v) is 4.12. The standard InChI is InChI=1S/C22H21N3OS/c26-22(23-13-12-18-16-27-21-9-5-4-8-20(18)21)11-10-17-14-24-25(15-17)19-6-2-1-3-7-19/h1-9,14-16H,10-13H2,(H,23,26). The lowest BCUT2D eigenvalue weighted by Crippen LogP contribution is -2.25. The van der Waals surface area contributed by atoms with Crippen LogP contribution in [-0.2, 0) is 17.6 Å². The van der Waals surface area contributed by atoms with E-state index in [0.717, 1.165) is 17.7 Å². The van der Waals surface area contributed by atoms with E-state index in [0.29, 0.717) is 19.4 Å². The van der Waals surface area contributed by atoms with Gasteiger partial charge in [-0.05, 0) is 52.9 Å². The van der Waals surface area contributed by atoms with Gasteiger partial charge in [-0.25, -0.2) is 4.68 Å². The van der Waals surface area contributed by atoms with Gasteiger partial charge < -0.3 is 5.32 Å². The van der Waals surface area contributed by atoms with Crippen LogP contribution in [0, 0.1) is 0 Å². The van der Waals surface area contributed by atoms with Gasteiger partial charge in [0.15, 0.2) is 0 Å². The molecule has 2 aromatic carbocycles. The van der Waals surface area contributed by atoms with Crippen molar-refractivity contribution in [2.24, 2.45) is 0 Å². The Morgan fingerprint density at radius 1 is 1.04 bits per heavy atom. The molecule has 0 aliphatic carbocycles. The summed E-state index contributed by atoms with van der Waals surface area (Å²) < 4.78 is 3.14. The van der Waals surface area contributed by atoms with Crippen LogP contribution < -0.4 is 5.32 Å². The summed E-state index contributed by atoms with van der Waals surface area (Å²) in [5.41, 5.74) is 3.40. The van der Waals surface area contributed by atoms with Crippen molar-refractivity contribution in [2.45, 2.75) is 19.3 Å². The van der Waals surface area contributed by atoms with Crippen molar-refractivity contribution in [1.82, 2.24) is 15.1 Å². The van der Waals surface area contributed by atoms with Crippen LogP contribution in [0.15, 0.2) is 72.4 Å². The minimum Gasteiger partial charge on any atom is -0.356 e. The number of aryl methyl sites for hydroxylation is 1. The van der Waals surface area contributed by atoms with Crippen LogP contribution in [0.1, 0.15) is 17.5 Å². The molecule has 136 valence electrons. The molecule has 4 rings (SSSR count). The summed E-state index contributed by atoms with van der Waals surface area (Å²) in [7, 11) is 0. The molecular formula is C22H21N3OS. The smallest absolute Gasteiger partial charge is 0.220 e. The molecule has 1 N–H and O–H groups in total. The van der Waals surface area contributed by atoms with Gasteiger partial charge in [-0.2, -0.15) is 5.10 Å². The molecule has 2 aromatic heterocycles. The second-order valence-electron chi connectivity index (χ2n) is 6.49. The molecule has 0 unspecified atom stereocenters. The number of aromatic nitrogens is 2. The Morgan fingerprint density at radius 2 is 1.85 bits per heavy atom. The van der Waals surface area contributed by atoms with Crippen molar-refractivity contribution < 1.29 is 4.79 Å². The molecule has 0 spiro atoms. The van der Waals surface area contributed by atoms with Crippen LogP contribution >= 0.6 is 11.3 Å². The van der Waals surface area contributed by atoms with E-state index in [1.807, 2.05) is 47.4 Å². The van der Waals surface area contributed by atoms with Gasteiger partial charge in [-0.1, -0.05) is 36.4 Å². The summed E-state index contributed by atoms with van der Waals surface area (Å²) in [6, 6.07) is 18.4. The van der Waals surface area contributed by atoms with Crippen molar-refractivity contribution in [2.75, 3.05) is 6.54 Å². The minimum atomic E-state index is 0.0852. The summed E-state index contributed by atoms with van der Waals surface area (Å²) in [5.74, 6) is 0.0852. The predicted octanol–water partition coefficient (Wildman–Crippen LogP) is 4.38. The lowest BCUT2D eigenvalue weighted by molar-refractivity contribution is -0.121. The fourth-order valence-electron chi connectivity index (χ4n) is 3.12. The first-order chi connectivity index (χ1) is 13.3. The first-order valence-electron chi connectivity index (χ1n) is 9.10. The van der Waals surface area contributed by atoms with E-state index in [2.05, 4.69) is 40.1 Å². The third-order valence-electron chi connectivity index (χ3n) is 4.58. The van der Waals surface area contributed by atoms with E-state index < -0.39 is 0 Å². The number of para-hydroxylation sites is 1. The van der Waals surface area contributed by atoms with Crippen molar-refractivity contribution in [1.29, 1.82) is 0 Å². The van der Waals surface area contributed by atoms with Gasteiger partial charge in [-0.15, -0.1) is 11.3 Å². The van der Waals surface area contributed by atoms with Gasteiger partial charge in [0.2, 0.25) is 5.91 Å². The summed E-state index contributed by atoms with van der Waals surface area (Å²) >= 11 is 1.76. The van der Waals surface area contributed by atoms with E-state index in [1.165, 1.54) is 15.6 Å². The number of fused-ring (bicyclic) bond motifs is 1. The summed E-state index contributed by atoms with van der Waals surface area (Å²) in [6.45, 7) is 0.669. The average molecular weight is 375 g/mol. The Balaban J connectivity index is 1.25. The van der Waals surface area contributed by atoms with Crippen LogP contribution in [0.25, 0.3) is 15.8 Å². The topological polar surface area (TPSA) is 46.9 Å². The predicted molar refractivity (Wildman–Crippen MR) is 110 cm³/mol. The summed E-state index contributed by atoms with van der Waals surface area (Å²) in [6.07, 6.45) is 5.85. The summed E-state index contributed by atoms with van der Waals surface area (Å²) in [5, 5.41) is 10.9. The third-order valence-corrected chi connectivity index (χ3v) is 5.59. The zero-order valence-electron chi connectivity index (χ0n) is 15.0. The average Bonchev–Trinajstić information content (AvgIpc) is 3.35. The van der Waals surface area contributed by atoms with Crippen molar-refractivity contribution in [3.63, 3.8) is 0 Å². The van der Waals surface area contributed by atoms with Gasteiger partial charge in [0.25, 0.3) is 0 Å². The van der Waals surface area contributed by atoms with Gasteiger partial charge in [0.05, 0.1) is 11.9 Å². The molecule has 2 heterocycles. The molecular weight excluding hydrogens is 354 g/mol. The number of amides is 1. The van der Waals surface area contributed by atoms with E-state index >= 15 is 0 Å². The maximum atomic E-state index is 12.1. The van der Waals surface area contributed by atoms with Crippen LogP contribution in [0.3, 0.4) is 0 Å². The molecule has 0 aliphatic rings. The molecule has 4 aromatic rings. The van der Waals surface area contributed by atoms with E-state index in [1.54, 1.807) is 11.3 Å². The van der Waals surface area contributed by atoms with E-state index in [4.69, 9.17) is 0 Å². The minimum absolute atomic E-state index is 0.0852. The van der Waals surface area contributed by atoms with Crippen LogP contribution in [-0.4, -0.2) is 22.2 Å². The normalized spacial score (nSPS) is 11.0. The Labute approximate surface area is 162 Å². The molecule has 0 aliphatic heterocycles. The molecule has 0 bridgehead atoms. The Bertz CT molecular complexity index is 1040. The molecule has 0 saturated carbocycles. The second-order valence-corrected chi connectivity index (χ2v) is 7.40. The zero-order chi connectivity index (χ0) is 18.5. The second kappa shape index (κ2) is 8.18. The fraction of sp³-hybridized carbons (Fsp3) is 0.182. The number of hydrogen-bond acceptors (Lipinski definition) is 3. The zero-order valence-corrected chi connectivity index (χ0v) is 15.8. The highest BCUT2D eigenvalue weighted by Crippen LogP contribution is 2.25. The van der Waals surface area contributed by atoms with Gasteiger partial charge in [-0.3, -0.25) is 4.79 Å². The molecule has 4 nitrogen and oxygen atoms in total. The number of nitrogens with one attached hydrogen (secondary N) is 1. The number of carbonyl (C=O) groups is 1. The molecule has 0 fully saturated rings. The SMILES string of the molecule is O=C(CCc1cnn(-c2ccccc2)c1)NCCc1csc2ccccc12. The molecule has 0 radical (unpaired) electrons.